The number of rotatable bonds is 14. The summed E-state index contributed by atoms with van der Waals surface area (Å²) >= 11 is 2.81. The third-order valence-electron chi connectivity index (χ3n) is 12.5. The van der Waals surface area contributed by atoms with Gasteiger partial charge in [0.25, 0.3) is 5.91 Å². The van der Waals surface area contributed by atoms with Gasteiger partial charge in [-0.3, -0.25) is 33.3 Å². The first-order valence-electron chi connectivity index (χ1n) is 22.0. The predicted molar refractivity (Wildman–Crippen MR) is 242 cm³/mol. The lowest BCUT2D eigenvalue weighted by Gasteiger charge is -2.44. The lowest BCUT2D eigenvalue weighted by Crippen LogP contribution is -2.62. The molecule has 4 saturated heterocycles. The van der Waals surface area contributed by atoms with Crippen LogP contribution in [-0.4, -0.2) is 131 Å². The second-order valence-electron chi connectivity index (χ2n) is 19.5. The van der Waals surface area contributed by atoms with Crippen LogP contribution in [0.15, 0.2) is 24.3 Å². The molecule has 2 aromatic rings. The fourth-order valence-corrected chi connectivity index (χ4v) is 12.9. The number of fused-ring (bicyclic) bond motifs is 3. The molecule has 5 atom stereocenters. The number of amides is 4. The van der Waals surface area contributed by atoms with Gasteiger partial charge in [0.05, 0.1) is 37.2 Å². The fourth-order valence-electron chi connectivity index (χ4n) is 8.64. The van der Waals surface area contributed by atoms with Gasteiger partial charge in [0.2, 0.25) is 17.7 Å². The van der Waals surface area contributed by atoms with Crippen LogP contribution in [-0.2, 0) is 48.0 Å². The van der Waals surface area contributed by atoms with Crippen molar-refractivity contribution in [3.63, 3.8) is 0 Å². The number of benzene rings is 1. The minimum atomic E-state index is -5.27. The highest BCUT2D eigenvalue weighted by atomic mass is 32.2. The van der Waals surface area contributed by atoms with Gasteiger partial charge in [-0.05, 0) is 67.5 Å². The Morgan fingerprint density at radius 2 is 1.45 bits per heavy atom. The largest absolute Gasteiger partial charge is 0.404 e. The summed E-state index contributed by atoms with van der Waals surface area (Å²) in [5.41, 5.74) is -6.20. The van der Waals surface area contributed by atoms with Gasteiger partial charge in [-0.1, -0.05) is 71.1 Å². The van der Waals surface area contributed by atoms with Crippen molar-refractivity contribution < 1.29 is 55.9 Å². The summed E-state index contributed by atoms with van der Waals surface area (Å²) in [7, 11) is -5.27. The number of morpholine rings is 1. The quantitative estimate of drug-likeness (QED) is 0.152. The number of hydrogen-bond acceptors (Lipinski definition) is 13. The second kappa shape index (κ2) is 19.4. The van der Waals surface area contributed by atoms with Crippen molar-refractivity contribution in [3.8, 4) is 0 Å². The number of alkyl halides is 2. The van der Waals surface area contributed by atoms with Crippen LogP contribution in [0.1, 0.15) is 88.9 Å². The smallest absolute Gasteiger partial charge is 0.378 e. The van der Waals surface area contributed by atoms with E-state index in [0.717, 1.165) is 59.8 Å². The molecule has 0 radical (unpaired) electrons. The van der Waals surface area contributed by atoms with Crippen LogP contribution in [0.5, 0.6) is 0 Å². The standard InChI is InChI=1S/C44H59F2N4O10PS3/c1-42(2,3)40(55)62-17-15-59-61(57,60-16-18-63-41(56)43(4,5)6)44(45,46)30-7-10-34-28(20-30)23-35(64-34)36(51)47-32-22-27-19-26(27)21-31-8-9-33(50(31)38(32)53)39(54)49-24-29(25-49)37(52)48-11-13-58-14-12-48/h7,10,20,23,26-27,29,31-33H,8-9,11-19,21-22,24-25H2,1-6H3,(H,47,51)/t26-,27+,31-,32?,33+/m1/s1. The molecule has 4 aliphatic heterocycles. The summed E-state index contributed by atoms with van der Waals surface area (Å²) in [5, 5.41) is 2.82. The Labute approximate surface area is 385 Å². The third kappa shape index (κ3) is 10.8. The van der Waals surface area contributed by atoms with Crippen molar-refractivity contribution in [3.05, 3.63) is 34.7 Å². The van der Waals surface area contributed by atoms with E-state index in [1.165, 1.54) is 12.1 Å². The van der Waals surface area contributed by atoms with Crippen LogP contribution in [0.25, 0.3) is 10.1 Å². The zero-order valence-electron chi connectivity index (χ0n) is 37.2. The maximum Gasteiger partial charge on any atom is 0.404 e. The fraction of sp³-hybridized carbons (Fsp3) is 0.682. The van der Waals surface area contributed by atoms with Crippen molar-refractivity contribution in [2.75, 3.05) is 64.1 Å². The van der Waals surface area contributed by atoms with E-state index in [2.05, 4.69) is 5.32 Å². The molecule has 1 N–H and O–H groups in total. The summed E-state index contributed by atoms with van der Waals surface area (Å²) in [4.78, 5) is 85.4. The molecule has 64 heavy (non-hydrogen) atoms. The molecule has 5 aliphatic rings. The Bertz CT molecular complexity index is 2150. The highest BCUT2D eigenvalue weighted by molar-refractivity contribution is 8.14. The first-order chi connectivity index (χ1) is 30.1. The molecule has 1 aromatic heterocycles. The van der Waals surface area contributed by atoms with Gasteiger partial charge in [0.1, 0.15) is 12.1 Å². The minimum absolute atomic E-state index is 0.0172. The number of thioether (sulfide) groups is 2. The topological polar surface area (TPSA) is 169 Å². The first-order valence-corrected chi connectivity index (χ1v) is 26.3. The summed E-state index contributed by atoms with van der Waals surface area (Å²) in [6.07, 6.45) is 3.33. The van der Waals surface area contributed by atoms with E-state index in [-0.39, 0.29) is 67.6 Å². The summed E-state index contributed by atoms with van der Waals surface area (Å²) in [6, 6.07) is 3.36. The van der Waals surface area contributed by atoms with Crippen LogP contribution in [0.4, 0.5) is 8.78 Å². The van der Waals surface area contributed by atoms with Crippen molar-refractivity contribution in [1.82, 2.24) is 20.0 Å². The normalized spacial score (nSPS) is 24.4. The Morgan fingerprint density at radius 1 is 0.844 bits per heavy atom. The predicted octanol–water partition coefficient (Wildman–Crippen LogP) is 6.99. The Morgan fingerprint density at radius 3 is 2.06 bits per heavy atom. The highest BCUT2D eigenvalue weighted by Crippen LogP contribution is 2.67. The van der Waals surface area contributed by atoms with Crippen LogP contribution in [0, 0.1) is 28.6 Å². The summed E-state index contributed by atoms with van der Waals surface area (Å²) in [5.74, 6) is -0.763. The molecule has 7 rings (SSSR count). The molecule has 1 saturated carbocycles. The monoisotopic (exact) mass is 968 g/mol. The lowest BCUT2D eigenvalue weighted by atomic mass is 9.96. The molecular weight excluding hydrogens is 910 g/mol. The van der Waals surface area contributed by atoms with Gasteiger partial charge in [0, 0.05) is 64.8 Å². The van der Waals surface area contributed by atoms with Crippen molar-refractivity contribution in [2.24, 2.45) is 28.6 Å². The van der Waals surface area contributed by atoms with Gasteiger partial charge in [-0.15, -0.1) is 11.3 Å². The summed E-state index contributed by atoms with van der Waals surface area (Å²) < 4.78 is 63.6. The average molecular weight is 969 g/mol. The third-order valence-corrected chi connectivity index (χ3v) is 18.1. The van der Waals surface area contributed by atoms with Crippen molar-refractivity contribution in [1.29, 1.82) is 0 Å². The number of ether oxygens (including phenoxy) is 1. The van der Waals surface area contributed by atoms with Gasteiger partial charge < -0.3 is 33.8 Å². The van der Waals surface area contributed by atoms with E-state index in [1.807, 2.05) is 0 Å². The van der Waals surface area contributed by atoms with Crippen LogP contribution in [0.3, 0.4) is 0 Å². The maximum absolute atomic E-state index is 16.5. The molecule has 14 nitrogen and oxygen atoms in total. The Hall–Kier alpha value is -2.93. The molecule has 20 heteroatoms. The number of likely N-dealkylation sites (tertiary alicyclic amines) is 1. The number of halogens is 2. The molecule has 5 fully saturated rings. The average Bonchev–Trinajstić information content (AvgIpc) is 3.57. The lowest BCUT2D eigenvalue weighted by molar-refractivity contribution is -0.156. The number of nitrogens with one attached hydrogen (secondary N) is 1. The highest BCUT2D eigenvalue weighted by Gasteiger charge is 2.56. The van der Waals surface area contributed by atoms with Gasteiger partial charge >= 0.3 is 13.3 Å². The molecular formula is C44H59F2N4O10PS3. The molecule has 4 amide bonds. The number of nitrogens with zero attached hydrogens (tertiary/aromatic N) is 3. The van der Waals surface area contributed by atoms with Crippen LogP contribution in [0.2, 0.25) is 0 Å². The van der Waals surface area contributed by atoms with Crippen molar-refractivity contribution in [2.45, 2.75) is 97.4 Å². The van der Waals surface area contributed by atoms with E-state index >= 15 is 8.78 Å². The molecule has 0 bridgehead atoms. The first kappa shape index (κ1) is 49.0. The molecule has 1 aromatic carbocycles. The molecule has 5 heterocycles. The molecule has 352 valence electrons. The van der Waals surface area contributed by atoms with E-state index in [9.17, 15) is 33.3 Å². The second-order valence-corrected chi connectivity index (χ2v) is 24.8. The number of carbonyl (C=O) groups is 6. The minimum Gasteiger partial charge on any atom is -0.378 e. The Balaban J connectivity index is 1.03. The maximum atomic E-state index is 16.5. The molecule has 0 spiro atoms. The van der Waals surface area contributed by atoms with Crippen molar-refractivity contribution >= 4 is 86.4 Å². The van der Waals surface area contributed by atoms with Gasteiger partial charge in [-0.25, -0.2) is 0 Å². The number of thiophene rings is 1. The van der Waals surface area contributed by atoms with E-state index in [0.29, 0.717) is 69.3 Å². The molecule has 1 unspecified atom stereocenters. The van der Waals surface area contributed by atoms with E-state index in [1.54, 1.807) is 56.2 Å². The van der Waals surface area contributed by atoms with Crippen LogP contribution < -0.4 is 5.32 Å². The van der Waals surface area contributed by atoms with Gasteiger partial charge in [-0.2, -0.15) is 8.78 Å². The van der Waals surface area contributed by atoms with E-state index < -0.39 is 60.9 Å². The van der Waals surface area contributed by atoms with E-state index in [4.69, 9.17) is 13.8 Å². The summed E-state index contributed by atoms with van der Waals surface area (Å²) in [6.45, 7) is 12.1. The SMILES string of the molecule is CC(C)(C)C(=O)SCCOP(=O)(OCCSC(=O)C(C)(C)C)C(F)(F)c1ccc2sc(C(=O)NC3C[C@@H]4C[C@@H]4C[C@H]4CC[C@@H](C(=O)N5CC(C(=O)N6CCOCC6)C5)N4C3=O)cc2c1. The number of hydrogen-bond donors (Lipinski definition) is 1. The van der Waals surface area contributed by atoms with Gasteiger partial charge in [0.15, 0.2) is 10.2 Å². The molecule has 1 aliphatic carbocycles. The Kier molecular flexibility index (Phi) is 14.8. The zero-order valence-corrected chi connectivity index (χ0v) is 40.6. The zero-order chi connectivity index (χ0) is 46.4. The number of carbonyl (C=O) groups excluding carboxylic acids is 6. The van der Waals surface area contributed by atoms with Crippen LogP contribution >= 0.6 is 42.5 Å².